The molecule has 4 rings (SSSR count). The first kappa shape index (κ1) is 13.6. The number of rotatable bonds is 2. The van der Waals surface area contributed by atoms with Crippen LogP contribution in [0.5, 0.6) is 0 Å². The lowest BCUT2D eigenvalue weighted by atomic mass is 9.80. The predicted octanol–water partition coefficient (Wildman–Crippen LogP) is 6.53. The molecular weight excluding hydrogens is 320 g/mol. The first-order valence-corrected chi connectivity index (χ1v) is 9.01. The van der Waals surface area contributed by atoms with Gasteiger partial charge >= 0.3 is 0 Å². The number of halogens is 1. The highest BCUT2D eigenvalue weighted by atomic mass is 79.9. The van der Waals surface area contributed by atoms with E-state index in [1.54, 1.807) is 5.56 Å². The maximum absolute atomic E-state index is 3.81. The Balaban J connectivity index is 1.76. The Bertz CT molecular complexity index is 653. The topological polar surface area (TPSA) is 0 Å². The minimum Gasteiger partial charge on any atom is -0.0619 e. The van der Waals surface area contributed by atoms with E-state index in [0.29, 0.717) is 5.92 Å². The molecule has 0 amide bonds. The summed E-state index contributed by atoms with van der Waals surface area (Å²) in [5.74, 6) is 1.50. The van der Waals surface area contributed by atoms with Crippen molar-refractivity contribution in [2.45, 2.75) is 44.4 Å². The number of hydrogen-bond donors (Lipinski definition) is 0. The zero-order chi connectivity index (χ0) is 14.2. The summed E-state index contributed by atoms with van der Waals surface area (Å²) >= 11 is 3.81. The molecule has 0 spiro atoms. The lowest BCUT2D eigenvalue weighted by molar-refractivity contribution is 0.328. The molecule has 1 saturated carbocycles. The molecule has 2 aliphatic carbocycles. The fraction of sp³-hybridized carbons (Fsp3) is 0.400. The second kappa shape index (κ2) is 5.61. The van der Waals surface area contributed by atoms with E-state index in [2.05, 4.69) is 58.4 Å². The van der Waals surface area contributed by atoms with E-state index < -0.39 is 0 Å². The van der Waals surface area contributed by atoms with Crippen molar-refractivity contribution in [2.24, 2.45) is 5.92 Å². The second-order valence-corrected chi connectivity index (χ2v) is 7.43. The Hall–Kier alpha value is -1.08. The van der Waals surface area contributed by atoms with Crippen molar-refractivity contribution in [1.29, 1.82) is 0 Å². The van der Waals surface area contributed by atoms with Crippen LogP contribution < -0.4 is 0 Å². The summed E-state index contributed by atoms with van der Waals surface area (Å²) in [5.41, 5.74) is 5.98. The van der Waals surface area contributed by atoms with Gasteiger partial charge in [-0.05, 0) is 40.7 Å². The minimum atomic E-state index is 0.592. The molecule has 1 atom stereocenters. The predicted molar refractivity (Wildman–Crippen MR) is 92.6 cm³/mol. The Kier molecular flexibility index (Phi) is 3.62. The monoisotopic (exact) mass is 340 g/mol. The van der Waals surface area contributed by atoms with Gasteiger partial charge in [-0.3, -0.25) is 0 Å². The summed E-state index contributed by atoms with van der Waals surface area (Å²) in [6.45, 7) is 0. The van der Waals surface area contributed by atoms with Crippen molar-refractivity contribution in [3.8, 4) is 11.1 Å². The molecule has 21 heavy (non-hydrogen) atoms. The van der Waals surface area contributed by atoms with Gasteiger partial charge < -0.3 is 0 Å². The van der Waals surface area contributed by atoms with E-state index in [1.807, 2.05) is 0 Å². The van der Waals surface area contributed by atoms with Crippen molar-refractivity contribution in [1.82, 2.24) is 0 Å². The van der Waals surface area contributed by atoms with Gasteiger partial charge in [0.1, 0.15) is 0 Å². The first-order chi connectivity index (χ1) is 10.3. The van der Waals surface area contributed by atoms with Crippen LogP contribution in [0.15, 0.2) is 46.9 Å². The molecule has 1 fully saturated rings. The van der Waals surface area contributed by atoms with E-state index in [1.165, 1.54) is 59.7 Å². The van der Waals surface area contributed by atoms with E-state index in [9.17, 15) is 0 Å². The molecule has 0 heterocycles. The summed E-state index contributed by atoms with van der Waals surface area (Å²) in [7, 11) is 0. The largest absolute Gasteiger partial charge is 0.0619 e. The maximum atomic E-state index is 3.81. The van der Waals surface area contributed by atoms with Crippen LogP contribution in [-0.4, -0.2) is 0 Å². The number of hydrogen-bond acceptors (Lipinski definition) is 0. The van der Waals surface area contributed by atoms with Crippen molar-refractivity contribution in [2.75, 3.05) is 0 Å². The molecule has 0 aliphatic heterocycles. The molecule has 0 N–H and O–H groups in total. The minimum absolute atomic E-state index is 0.592. The quantitative estimate of drug-likeness (QED) is 0.582. The summed E-state index contributed by atoms with van der Waals surface area (Å²) < 4.78 is 1.29. The Morgan fingerprint density at radius 1 is 0.857 bits per heavy atom. The van der Waals surface area contributed by atoms with Gasteiger partial charge in [0.15, 0.2) is 0 Å². The van der Waals surface area contributed by atoms with Gasteiger partial charge in [0.25, 0.3) is 0 Å². The molecule has 0 bridgehead atoms. The lowest BCUT2D eigenvalue weighted by Crippen LogP contribution is -2.11. The van der Waals surface area contributed by atoms with Gasteiger partial charge in [-0.15, -0.1) is 0 Å². The van der Waals surface area contributed by atoms with Crippen LogP contribution in [0.3, 0.4) is 0 Å². The SMILES string of the molecule is Brc1cccc2c1C(CC1CCCCC1)c1ccccc1-2. The molecule has 2 aromatic rings. The molecule has 0 aromatic heterocycles. The zero-order valence-electron chi connectivity index (χ0n) is 12.3. The normalized spacial score (nSPS) is 21.1. The highest BCUT2D eigenvalue weighted by Crippen LogP contribution is 2.51. The van der Waals surface area contributed by atoms with E-state index in [4.69, 9.17) is 0 Å². The molecule has 108 valence electrons. The van der Waals surface area contributed by atoms with Gasteiger partial charge in [-0.2, -0.15) is 0 Å². The fourth-order valence-electron chi connectivity index (χ4n) is 4.33. The summed E-state index contributed by atoms with van der Waals surface area (Å²) in [4.78, 5) is 0. The molecule has 0 saturated heterocycles. The van der Waals surface area contributed by atoms with E-state index in [-0.39, 0.29) is 0 Å². The smallest absolute Gasteiger partial charge is 0.0219 e. The van der Waals surface area contributed by atoms with Gasteiger partial charge in [0, 0.05) is 10.4 Å². The van der Waals surface area contributed by atoms with E-state index in [0.717, 1.165) is 5.92 Å². The van der Waals surface area contributed by atoms with Crippen molar-refractivity contribution >= 4 is 15.9 Å². The molecule has 1 heteroatoms. The zero-order valence-corrected chi connectivity index (χ0v) is 13.9. The Morgan fingerprint density at radius 2 is 1.62 bits per heavy atom. The highest BCUT2D eigenvalue weighted by molar-refractivity contribution is 9.10. The summed E-state index contributed by atoms with van der Waals surface area (Å²) in [6.07, 6.45) is 8.49. The van der Waals surface area contributed by atoms with Crippen LogP contribution in [0.25, 0.3) is 11.1 Å². The van der Waals surface area contributed by atoms with Crippen LogP contribution in [0.1, 0.15) is 55.6 Å². The Labute approximate surface area is 135 Å². The summed E-state index contributed by atoms with van der Waals surface area (Å²) in [6, 6.07) is 15.7. The van der Waals surface area contributed by atoms with Gasteiger partial charge in [-0.1, -0.05) is 84.4 Å². The maximum Gasteiger partial charge on any atom is 0.0219 e. The molecule has 2 aromatic carbocycles. The third-order valence-corrected chi connectivity index (χ3v) is 6.01. The second-order valence-electron chi connectivity index (χ2n) is 6.58. The molecular formula is C20H21Br. The van der Waals surface area contributed by atoms with Crippen molar-refractivity contribution in [3.05, 3.63) is 58.1 Å². The van der Waals surface area contributed by atoms with Crippen LogP contribution in [0.2, 0.25) is 0 Å². The van der Waals surface area contributed by atoms with Crippen LogP contribution in [-0.2, 0) is 0 Å². The summed E-state index contributed by atoms with van der Waals surface area (Å²) in [5, 5.41) is 0. The van der Waals surface area contributed by atoms with Gasteiger partial charge in [0.2, 0.25) is 0 Å². The van der Waals surface area contributed by atoms with Gasteiger partial charge in [0.05, 0.1) is 0 Å². The van der Waals surface area contributed by atoms with Crippen molar-refractivity contribution in [3.63, 3.8) is 0 Å². The van der Waals surface area contributed by atoms with E-state index >= 15 is 0 Å². The number of fused-ring (bicyclic) bond motifs is 3. The average molecular weight is 341 g/mol. The van der Waals surface area contributed by atoms with Crippen LogP contribution in [0.4, 0.5) is 0 Å². The first-order valence-electron chi connectivity index (χ1n) is 8.22. The molecule has 0 nitrogen and oxygen atoms in total. The van der Waals surface area contributed by atoms with Crippen LogP contribution >= 0.6 is 15.9 Å². The van der Waals surface area contributed by atoms with Crippen LogP contribution in [0, 0.1) is 5.92 Å². The number of benzene rings is 2. The average Bonchev–Trinajstić information content (AvgIpc) is 2.84. The van der Waals surface area contributed by atoms with Gasteiger partial charge in [-0.25, -0.2) is 0 Å². The lowest BCUT2D eigenvalue weighted by Gasteiger charge is -2.26. The molecule has 2 aliphatic rings. The Morgan fingerprint density at radius 3 is 2.48 bits per heavy atom. The third kappa shape index (κ3) is 2.36. The van der Waals surface area contributed by atoms with Crippen molar-refractivity contribution < 1.29 is 0 Å². The fourth-order valence-corrected chi connectivity index (χ4v) is 4.97. The highest BCUT2D eigenvalue weighted by Gasteiger charge is 2.32. The third-order valence-electron chi connectivity index (χ3n) is 5.32. The molecule has 0 radical (unpaired) electrons. The standard InChI is InChI=1S/C20H21Br/c21-19-12-6-11-17-15-9-4-5-10-16(15)18(20(17)19)13-14-7-2-1-3-8-14/h4-6,9-12,14,18H,1-3,7-8,13H2. The molecule has 1 unspecified atom stereocenters.